The van der Waals surface area contributed by atoms with Gasteiger partial charge in [-0.25, -0.2) is 4.79 Å². The van der Waals surface area contributed by atoms with Crippen LogP contribution in [0.4, 0.5) is 4.79 Å². The molecular weight excluding hydrogens is 256 g/mol. The molecule has 0 unspecified atom stereocenters. The third-order valence-electron chi connectivity index (χ3n) is 5.17. The van der Waals surface area contributed by atoms with Crippen LogP contribution in [-0.4, -0.2) is 28.8 Å². The Bertz CT molecular complexity index is 446. The first-order valence-electron chi connectivity index (χ1n) is 7.74. The molecule has 0 radical (unpaired) electrons. The molecule has 1 heterocycles. The van der Waals surface area contributed by atoms with Crippen molar-refractivity contribution in [1.29, 1.82) is 0 Å². The summed E-state index contributed by atoms with van der Waals surface area (Å²) in [5.74, 6) is -0.0358. The highest BCUT2D eigenvalue weighted by atomic mass is 16.2. The van der Waals surface area contributed by atoms with Crippen molar-refractivity contribution in [3.63, 3.8) is 0 Å². The van der Waals surface area contributed by atoms with E-state index >= 15 is 0 Å². The number of barbiturate groups is 1. The Morgan fingerprint density at radius 2 is 1.65 bits per heavy atom. The number of hydrogen-bond donors (Lipinski definition) is 1. The number of nitrogens with one attached hydrogen (secondary N) is 1. The Hall–Kier alpha value is -1.39. The van der Waals surface area contributed by atoms with E-state index in [2.05, 4.69) is 12.2 Å². The van der Waals surface area contributed by atoms with E-state index in [1.54, 1.807) is 0 Å². The highest BCUT2D eigenvalue weighted by Gasteiger charge is 2.55. The minimum atomic E-state index is -0.969. The second kappa shape index (κ2) is 4.86. The van der Waals surface area contributed by atoms with Gasteiger partial charge >= 0.3 is 6.03 Å². The van der Waals surface area contributed by atoms with Crippen LogP contribution in [0.3, 0.4) is 0 Å². The Labute approximate surface area is 119 Å². The summed E-state index contributed by atoms with van der Waals surface area (Å²) in [6.07, 6.45) is 6.82. The van der Waals surface area contributed by atoms with E-state index < -0.39 is 11.4 Å². The van der Waals surface area contributed by atoms with Gasteiger partial charge in [-0.05, 0) is 31.6 Å². The fraction of sp³-hybridized carbons (Fsp3) is 0.800. The lowest BCUT2D eigenvalue weighted by atomic mass is 9.74. The van der Waals surface area contributed by atoms with Crippen LogP contribution in [0.1, 0.15) is 58.3 Å². The molecule has 1 aliphatic heterocycles. The van der Waals surface area contributed by atoms with Crippen molar-refractivity contribution >= 4 is 17.8 Å². The summed E-state index contributed by atoms with van der Waals surface area (Å²) in [6, 6.07) is -0.516. The minimum Gasteiger partial charge on any atom is -0.277 e. The molecule has 5 nitrogen and oxygen atoms in total. The van der Waals surface area contributed by atoms with Gasteiger partial charge in [-0.3, -0.25) is 19.8 Å². The maximum absolute atomic E-state index is 12.9. The lowest BCUT2D eigenvalue weighted by molar-refractivity contribution is -0.155. The van der Waals surface area contributed by atoms with Crippen molar-refractivity contribution < 1.29 is 14.4 Å². The summed E-state index contributed by atoms with van der Waals surface area (Å²) < 4.78 is 0. The van der Waals surface area contributed by atoms with Gasteiger partial charge in [0.1, 0.15) is 5.41 Å². The van der Waals surface area contributed by atoms with Crippen LogP contribution >= 0.6 is 0 Å². The van der Waals surface area contributed by atoms with E-state index in [9.17, 15) is 14.4 Å². The first kappa shape index (κ1) is 13.6. The number of amides is 4. The maximum Gasteiger partial charge on any atom is 0.331 e. The van der Waals surface area contributed by atoms with Crippen molar-refractivity contribution in [2.24, 2.45) is 11.3 Å². The van der Waals surface area contributed by atoms with Crippen LogP contribution < -0.4 is 5.32 Å². The minimum absolute atomic E-state index is 0.00859. The van der Waals surface area contributed by atoms with Crippen molar-refractivity contribution in [2.45, 2.75) is 64.3 Å². The molecular formula is C15H22N2O3. The molecule has 0 bridgehead atoms. The number of urea groups is 1. The molecule has 110 valence electrons. The van der Waals surface area contributed by atoms with Crippen molar-refractivity contribution in [3.8, 4) is 0 Å². The van der Waals surface area contributed by atoms with E-state index in [1.807, 2.05) is 0 Å². The van der Waals surface area contributed by atoms with Crippen LogP contribution in [0.5, 0.6) is 0 Å². The Balaban J connectivity index is 1.88. The third kappa shape index (κ3) is 1.95. The molecule has 1 spiro atoms. The van der Waals surface area contributed by atoms with Crippen molar-refractivity contribution in [2.75, 3.05) is 0 Å². The van der Waals surface area contributed by atoms with Crippen molar-refractivity contribution in [3.05, 3.63) is 0 Å². The summed E-state index contributed by atoms with van der Waals surface area (Å²) >= 11 is 0. The third-order valence-corrected chi connectivity index (χ3v) is 5.17. The molecule has 0 atom stereocenters. The van der Waals surface area contributed by atoms with Gasteiger partial charge < -0.3 is 0 Å². The Morgan fingerprint density at radius 1 is 1.05 bits per heavy atom. The number of carbonyl (C=O) groups is 3. The summed E-state index contributed by atoms with van der Waals surface area (Å²) in [6.45, 7) is 2.12. The quantitative estimate of drug-likeness (QED) is 0.748. The molecule has 0 aromatic rings. The van der Waals surface area contributed by atoms with Gasteiger partial charge in [-0.2, -0.15) is 0 Å². The second-order valence-electron chi connectivity index (χ2n) is 6.66. The molecule has 2 saturated carbocycles. The summed E-state index contributed by atoms with van der Waals surface area (Å²) in [7, 11) is 0. The lowest BCUT2D eigenvalue weighted by Crippen LogP contribution is -2.67. The molecule has 4 amide bonds. The van der Waals surface area contributed by atoms with Crippen LogP contribution in [-0.2, 0) is 9.59 Å². The van der Waals surface area contributed by atoms with Crippen LogP contribution in [0.15, 0.2) is 0 Å². The largest absolute Gasteiger partial charge is 0.331 e. The molecule has 20 heavy (non-hydrogen) atoms. The first-order valence-corrected chi connectivity index (χ1v) is 7.74. The number of imide groups is 2. The fourth-order valence-electron chi connectivity index (χ4n) is 3.87. The van der Waals surface area contributed by atoms with Gasteiger partial charge in [0.2, 0.25) is 11.8 Å². The molecule has 1 N–H and O–H groups in total. The molecule has 5 heteroatoms. The molecule has 1 saturated heterocycles. The number of hydrogen-bond acceptors (Lipinski definition) is 3. The average molecular weight is 278 g/mol. The highest BCUT2D eigenvalue weighted by molar-refractivity contribution is 6.19. The van der Waals surface area contributed by atoms with E-state index in [1.165, 1.54) is 4.90 Å². The fourth-order valence-corrected chi connectivity index (χ4v) is 3.87. The van der Waals surface area contributed by atoms with Crippen molar-refractivity contribution in [1.82, 2.24) is 10.2 Å². The number of carbonyl (C=O) groups excluding carboxylic acids is 3. The Kier molecular flexibility index (Phi) is 3.30. The van der Waals surface area contributed by atoms with Crippen LogP contribution in [0, 0.1) is 11.3 Å². The van der Waals surface area contributed by atoms with Gasteiger partial charge in [0.25, 0.3) is 0 Å². The smallest absolute Gasteiger partial charge is 0.277 e. The average Bonchev–Trinajstić information content (AvgIpc) is 2.61. The monoisotopic (exact) mass is 278 g/mol. The van der Waals surface area contributed by atoms with E-state index in [4.69, 9.17) is 0 Å². The molecule has 0 aromatic carbocycles. The van der Waals surface area contributed by atoms with Gasteiger partial charge in [-0.15, -0.1) is 0 Å². The normalized spacial score (nSPS) is 33.6. The standard InChI is InChI=1S/C15H22N2O3/c1-10-8-11(9-10)17-13(19)15(12(18)16-14(17)20)6-4-2-3-5-7-15/h10-11H,2-9H2,1H3,(H,16,18,20). The van der Waals surface area contributed by atoms with Crippen LogP contribution in [0.2, 0.25) is 0 Å². The van der Waals surface area contributed by atoms with Crippen LogP contribution in [0.25, 0.3) is 0 Å². The zero-order valence-electron chi connectivity index (χ0n) is 12.0. The Morgan fingerprint density at radius 3 is 2.20 bits per heavy atom. The molecule has 2 aliphatic carbocycles. The highest BCUT2D eigenvalue weighted by Crippen LogP contribution is 2.42. The van der Waals surface area contributed by atoms with E-state index in [0.717, 1.165) is 38.5 Å². The molecule has 0 aromatic heterocycles. The molecule has 3 fully saturated rings. The SMILES string of the molecule is CC1CC(N2C(=O)NC(=O)C3(CCCCCC3)C2=O)C1. The zero-order chi connectivity index (χ0) is 14.3. The van der Waals surface area contributed by atoms with Gasteiger partial charge in [0.05, 0.1) is 0 Å². The summed E-state index contributed by atoms with van der Waals surface area (Å²) in [4.78, 5) is 38.6. The van der Waals surface area contributed by atoms with Gasteiger partial charge in [0, 0.05) is 6.04 Å². The molecule has 3 rings (SSSR count). The predicted octanol–water partition coefficient (Wildman–Crippen LogP) is 2.20. The first-order chi connectivity index (χ1) is 9.54. The second-order valence-corrected chi connectivity index (χ2v) is 6.66. The maximum atomic E-state index is 12.9. The number of nitrogens with zero attached hydrogens (tertiary/aromatic N) is 1. The van der Waals surface area contributed by atoms with E-state index in [0.29, 0.717) is 18.8 Å². The summed E-state index contributed by atoms with van der Waals surface area (Å²) in [5.41, 5.74) is -0.969. The van der Waals surface area contributed by atoms with Gasteiger partial charge in [0.15, 0.2) is 0 Å². The lowest BCUT2D eigenvalue weighted by Gasteiger charge is -2.46. The topological polar surface area (TPSA) is 66.5 Å². The van der Waals surface area contributed by atoms with Gasteiger partial charge in [-0.1, -0.05) is 32.6 Å². The number of rotatable bonds is 1. The summed E-state index contributed by atoms with van der Waals surface area (Å²) in [5, 5.41) is 2.44. The molecule has 3 aliphatic rings. The van der Waals surface area contributed by atoms with E-state index in [-0.39, 0.29) is 17.9 Å². The zero-order valence-corrected chi connectivity index (χ0v) is 12.0. The predicted molar refractivity (Wildman–Crippen MR) is 72.7 cm³/mol.